The molecular weight excluding hydrogens is 162 g/mol. The molecule has 0 spiro atoms. The first-order valence-electron chi connectivity index (χ1n) is 5.00. The summed E-state index contributed by atoms with van der Waals surface area (Å²) in [5.74, 6) is 0. The fraction of sp³-hybridized carbons (Fsp3) is 0.900. The number of nitrogens with one attached hydrogen (secondary N) is 1. The van der Waals surface area contributed by atoms with Gasteiger partial charge in [-0.1, -0.05) is 6.92 Å². The van der Waals surface area contributed by atoms with Crippen molar-refractivity contribution in [3.63, 3.8) is 0 Å². The van der Waals surface area contributed by atoms with Gasteiger partial charge in [-0.05, 0) is 20.4 Å². The van der Waals surface area contributed by atoms with Crippen molar-refractivity contribution in [3.8, 4) is 6.07 Å². The summed E-state index contributed by atoms with van der Waals surface area (Å²) in [5, 5.41) is 11.5. The lowest BCUT2D eigenvalue weighted by atomic mass is 10.2. The molecule has 0 aromatic carbocycles. The molecule has 0 heterocycles. The van der Waals surface area contributed by atoms with Gasteiger partial charge in [-0.25, -0.2) is 0 Å². The van der Waals surface area contributed by atoms with Crippen molar-refractivity contribution in [2.75, 3.05) is 26.7 Å². The second-order valence-electron chi connectivity index (χ2n) is 3.40. The molecule has 13 heavy (non-hydrogen) atoms. The van der Waals surface area contributed by atoms with Gasteiger partial charge in [0.25, 0.3) is 0 Å². The highest BCUT2D eigenvalue weighted by Crippen LogP contribution is 1.97. The third-order valence-electron chi connectivity index (χ3n) is 2.40. The third kappa shape index (κ3) is 6.56. The summed E-state index contributed by atoms with van der Waals surface area (Å²) in [6.45, 7) is 7.27. The quantitative estimate of drug-likeness (QED) is 0.603. The number of nitriles is 1. The van der Waals surface area contributed by atoms with Crippen LogP contribution in [0.25, 0.3) is 0 Å². The predicted molar refractivity (Wildman–Crippen MR) is 55.5 cm³/mol. The van der Waals surface area contributed by atoms with E-state index in [2.05, 4.69) is 37.2 Å². The monoisotopic (exact) mass is 183 g/mol. The van der Waals surface area contributed by atoms with Crippen molar-refractivity contribution in [2.24, 2.45) is 0 Å². The Morgan fingerprint density at radius 1 is 1.46 bits per heavy atom. The third-order valence-corrected chi connectivity index (χ3v) is 2.40. The SMILES string of the molecule is CCC(C)N(C)CCNCCC#N. The highest BCUT2D eigenvalue weighted by molar-refractivity contribution is 4.70. The largest absolute Gasteiger partial charge is 0.314 e. The molecule has 0 rings (SSSR count). The van der Waals surface area contributed by atoms with Crippen molar-refractivity contribution in [1.82, 2.24) is 10.2 Å². The van der Waals surface area contributed by atoms with Crippen LogP contribution in [0.3, 0.4) is 0 Å². The standard InChI is InChI=1S/C10H21N3/c1-4-10(2)13(3)9-8-12-7-5-6-11/h10,12H,4-5,7-9H2,1-3H3. The van der Waals surface area contributed by atoms with Crippen LogP contribution in [0.4, 0.5) is 0 Å². The Bertz CT molecular complexity index is 151. The van der Waals surface area contributed by atoms with Crippen LogP contribution < -0.4 is 5.32 Å². The Morgan fingerprint density at radius 2 is 2.15 bits per heavy atom. The average Bonchev–Trinajstić information content (AvgIpc) is 2.16. The smallest absolute Gasteiger partial charge is 0.0635 e. The molecule has 1 unspecified atom stereocenters. The summed E-state index contributed by atoms with van der Waals surface area (Å²) in [5.41, 5.74) is 0. The van der Waals surface area contributed by atoms with Crippen LogP contribution in [-0.2, 0) is 0 Å². The summed E-state index contributed by atoms with van der Waals surface area (Å²) in [7, 11) is 2.14. The van der Waals surface area contributed by atoms with Gasteiger partial charge in [0.15, 0.2) is 0 Å². The molecule has 3 heteroatoms. The van der Waals surface area contributed by atoms with E-state index < -0.39 is 0 Å². The number of rotatable bonds is 7. The summed E-state index contributed by atoms with van der Waals surface area (Å²) in [6.07, 6.45) is 1.79. The molecule has 0 aliphatic carbocycles. The molecule has 0 bridgehead atoms. The minimum absolute atomic E-state index is 0.604. The van der Waals surface area contributed by atoms with Gasteiger partial charge in [0, 0.05) is 32.1 Å². The first-order valence-corrected chi connectivity index (χ1v) is 5.00. The van der Waals surface area contributed by atoms with Crippen molar-refractivity contribution in [2.45, 2.75) is 32.7 Å². The van der Waals surface area contributed by atoms with Crippen molar-refractivity contribution >= 4 is 0 Å². The lowest BCUT2D eigenvalue weighted by Crippen LogP contribution is -2.35. The zero-order valence-electron chi connectivity index (χ0n) is 9.01. The van der Waals surface area contributed by atoms with Gasteiger partial charge < -0.3 is 10.2 Å². The van der Waals surface area contributed by atoms with Crippen LogP contribution in [0, 0.1) is 11.3 Å². The first kappa shape index (κ1) is 12.4. The van der Waals surface area contributed by atoms with Crippen molar-refractivity contribution in [1.29, 1.82) is 5.26 Å². The zero-order chi connectivity index (χ0) is 10.1. The summed E-state index contributed by atoms with van der Waals surface area (Å²) < 4.78 is 0. The van der Waals surface area contributed by atoms with Gasteiger partial charge in [-0.3, -0.25) is 0 Å². The highest BCUT2D eigenvalue weighted by atomic mass is 15.1. The van der Waals surface area contributed by atoms with E-state index in [1.165, 1.54) is 6.42 Å². The van der Waals surface area contributed by atoms with Gasteiger partial charge in [0.1, 0.15) is 0 Å². The topological polar surface area (TPSA) is 39.1 Å². The molecule has 0 radical (unpaired) electrons. The van der Waals surface area contributed by atoms with Crippen molar-refractivity contribution in [3.05, 3.63) is 0 Å². The molecule has 1 atom stereocenters. The molecular formula is C10H21N3. The lowest BCUT2D eigenvalue weighted by Gasteiger charge is -2.23. The van der Waals surface area contributed by atoms with Crippen LogP contribution >= 0.6 is 0 Å². The van der Waals surface area contributed by atoms with Crippen LogP contribution in [0.1, 0.15) is 26.7 Å². The molecule has 0 aliphatic heterocycles. The number of hydrogen-bond acceptors (Lipinski definition) is 3. The fourth-order valence-corrected chi connectivity index (χ4v) is 1.06. The van der Waals surface area contributed by atoms with Gasteiger partial charge in [-0.15, -0.1) is 0 Å². The van der Waals surface area contributed by atoms with E-state index in [9.17, 15) is 0 Å². The minimum Gasteiger partial charge on any atom is -0.314 e. The van der Waals surface area contributed by atoms with E-state index in [-0.39, 0.29) is 0 Å². The summed E-state index contributed by atoms with van der Waals surface area (Å²) in [6, 6.07) is 2.76. The highest BCUT2D eigenvalue weighted by Gasteiger charge is 2.04. The molecule has 0 aliphatic rings. The van der Waals surface area contributed by atoms with Crippen LogP contribution in [0.5, 0.6) is 0 Å². The number of nitrogens with zero attached hydrogens (tertiary/aromatic N) is 2. The van der Waals surface area contributed by atoms with Crippen LogP contribution in [0.15, 0.2) is 0 Å². The average molecular weight is 183 g/mol. The number of hydrogen-bond donors (Lipinski definition) is 1. The molecule has 0 saturated carbocycles. The maximum absolute atomic E-state index is 8.30. The molecule has 76 valence electrons. The van der Waals surface area contributed by atoms with E-state index in [0.29, 0.717) is 12.5 Å². The predicted octanol–water partition coefficient (Wildman–Crippen LogP) is 1.22. The lowest BCUT2D eigenvalue weighted by molar-refractivity contribution is 0.252. The first-order chi connectivity index (χ1) is 6.22. The van der Waals surface area contributed by atoms with E-state index in [1.54, 1.807) is 0 Å². The maximum atomic E-state index is 8.30. The molecule has 0 amide bonds. The second-order valence-corrected chi connectivity index (χ2v) is 3.40. The molecule has 0 aromatic rings. The number of likely N-dealkylation sites (N-methyl/N-ethyl adjacent to an activating group) is 1. The Morgan fingerprint density at radius 3 is 2.69 bits per heavy atom. The Kier molecular flexibility index (Phi) is 7.66. The summed E-state index contributed by atoms with van der Waals surface area (Å²) in [4.78, 5) is 2.33. The van der Waals surface area contributed by atoms with E-state index >= 15 is 0 Å². The van der Waals surface area contributed by atoms with Gasteiger partial charge in [0.05, 0.1) is 6.07 Å². The van der Waals surface area contributed by atoms with Crippen LogP contribution in [0.2, 0.25) is 0 Å². The van der Waals surface area contributed by atoms with Gasteiger partial charge >= 0.3 is 0 Å². The van der Waals surface area contributed by atoms with Crippen LogP contribution in [-0.4, -0.2) is 37.6 Å². The Hall–Kier alpha value is -0.590. The summed E-state index contributed by atoms with van der Waals surface area (Å²) >= 11 is 0. The maximum Gasteiger partial charge on any atom is 0.0635 e. The van der Waals surface area contributed by atoms with E-state index in [4.69, 9.17) is 5.26 Å². The van der Waals surface area contributed by atoms with E-state index in [0.717, 1.165) is 19.6 Å². The molecule has 3 nitrogen and oxygen atoms in total. The zero-order valence-corrected chi connectivity index (χ0v) is 9.01. The molecule has 0 saturated heterocycles. The Balaban J connectivity index is 3.27. The normalized spacial score (nSPS) is 12.8. The fourth-order valence-electron chi connectivity index (χ4n) is 1.06. The molecule has 1 N–H and O–H groups in total. The van der Waals surface area contributed by atoms with E-state index in [1.807, 2.05) is 0 Å². The van der Waals surface area contributed by atoms with Gasteiger partial charge in [0.2, 0.25) is 0 Å². The second kappa shape index (κ2) is 8.03. The molecule has 0 aromatic heterocycles. The Labute approximate surface area is 81.7 Å². The minimum atomic E-state index is 0.604. The molecule has 0 fully saturated rings. The van der Waals surface area contributed by atoms with Crippen molar-refractivity contribution < 1.29 is 0 Å². The van der Waals surface area contributed by atoms with Gasteiger partial charge in [-0.2, -0.15) is 5.26 Å².